The van der Waals surface area contributed by atoms with Crippen molar-refractivity contribution in [2.45, 2.75) is 49.4 Å². The molecule has 2 amide bonds. The Bertz CT molecular complexity index is 895. The second kappa shape index (κ2) is 6.52. The van der Waals surface area contributed by atoms with E-state index < -0.39 is 38.5 Å². The van der Waals surface area contributed by atoms with Crippen LogP contribution in [0.5, 0.6) is 0 Å². The fraction of sp³-hybridized carbons (Fsp3) is 0.647. The van der Waals surface area contributed by atoms with Gasteiger partial charge in [-0.25, -0.2) is 18.4 Å². The van der Waals surface area contributed by atoms with Gasteiger partial charge in [-0.15, -0.1) is 0 Å². The third kappa shape index (κ3) is 3.00. The Hall–Kier alpha value is -2.07. The maximum atomic E-state index is 13.0. The molecule has 0 spiro atoms. The molecule has 2 heterocycles. The van der Waals surface area contributed by atoms with Crippen LogP contribution in [0, 0.1) is 5.92 Å². The van der Waals surface area contributed by atoms with E-state index in [1.54, 1.807) is 14.1 Å². The van der Waals surface area contributed by atoms with Crippen LogP contribution >= 0.6 is 0 Å². The Balaban J connectivity index is 2.30. The van der Waals surface area contributed by atoms with E-state index in [2.05, 4.69) is 9.97 Å². The quantitative estimate of drug-likeness (QED) is 0.718. The average Bonchev–Trinajstić information content (AvgIpc) is 3.19. The molecule has 1 fully saturated rings. The highest BCUT2D eigenvalue weighted by atomic mass is 32.2. The van der Waals surface area contributed by atoms with Crippen LogP contribution in [0.15, 0.2) is 11.4 Å². The second-order valence-corrected chi connectivity index (χ2v) is 9.40. The summed E-state index contributed by atoms with van der Waals surface area (Å²) in [5.74, 6) is -1.20. The topological polar surface area (TPSA) is 121 Å². The Morgan fingerprint density at radius 1 is 1.30 bits per heavy atom. The summed E-state index contributed by atoms with van der Waals surface area (Å²) in [4.78, 5) is 35.9. The maximum absolute atomic E-state index is 13.0. The number of rotatable bonds is 3. The third-order valence-electron chi connectivity index (χ3n) is 5.38. The first-order valence-electron chi connectivity index (χ1n) is 8.80. The van der Waals surface area contributed by atoms with Crippen molar-refractivity contribution in [3.63, 3.8) is 0 Å². The number of likely N-dealkylation sites (N-methyl/N-ethyl adjacent to an activating group) is 1. The molecule has 1 N–H and O–H groups in total. The smallest absolute Gasteiger partial charge is 0.248 e. The van der Waals surface area contributed by atoms with Gasteiger partial charge < -0.3 is 10.0 Å². The lowest BCUT2D eigenvalue weighted by molar-refractivity contribution is -0.142. The number of nitrogens with zero attached hydrogens (tertiary/aromatic N) is 4. The van der Waals surface area contributed by atoms with E-state index >= 15 is 0 Å². The largest absolute Gasteiger partial charge is 0.380 e. The maximum Gasteiger partial charge on any atom is 0.248 e. The van der Waals surface area contributed by atoms with Gasteiger partial charge in [-0.2, -0.15) is 0 Å². The predicted molar refractivity (Wildman–Crippen MR) is 96.6 cm³/mol. The van der Waals surface area contributed by atoms with Crippen molar-refractivity contribution in [1.82, 2.24) is 14.9 Å². The number of sulfone groups is 1. The van der Waals surface area contributed by atoms with Gasteiger partial charge in [0.1, 0.15) is 11.3 Å². The molecule has 1 aromatic rings. The van der Waals surface area contributed by atoms with Crippen molar-refractivity contribution in [3.05, 3.63) is 11.9 Å². The Morgan fingerprint density at radius 2 is 1.89 bits per heavy atom. The molecule has 9 nitrogen and oxygen atoms in total. The number of hydrogen-bond acceptors (Lipinski definition) is 7. The fourth-order valence-electron chi connectivity index (χ4n) is 4.15. The van der Waals surface area contributed by atoms with Crippen LogP contribution in [0.1, 0.15) is 38.3 Å². The predicted octanol–water partition coefficient (Wildman–Crippen LogP) is 0.0812. The second-order valence-electron chi connectivity index (χ2n) is 7.49. The minimum Gasteiger partial charge on any atom is -0.380 e. The van der Waals surface area contributed by atoms with Crippen molar-refractivity contribution < 1.29 is 23.1 Å². The van der Waals surface area contributed by atoms with Gasteiger partial charge >= 0.3 is 0 Å². The highest BCUT2D eigenvalue weighted by molar-refractivity contribution is 7.90. The molecule has 2 unspecified atom stereocenters. The summed E-state index contributed by atoms with van der Waals surface area (Å²) in [6.45, 7) is 1.30. The van der Waals surface area contributed by atoms with Gasteiger partial charge in [0.05, 0.1) is 11.9 Å². The highest BCUT2D eigenvalue weighted by Crippen LogP contribution is 2.52. The molecule has 2 aliphatic rings. The van der Waals surface area contributed by atoms with E-state index in [0.29, 0.717) is 12.8 Å². The molecule has 0 bridgehead atoms. The molecule has 10 heteroatoms. The molecule has 0 saturated heterocycles. The van der Waals surface area contributed by atoms with Crippen LogP contribution < -0.4 is 4.90 Å². The molecule has 1 saturated carbocycles. The van der Waals surface area contributed by atoms with Gasteiger partial charge in [0, 0.05) is 27.3 Å². The minimum atomic E-state index is -3.72. The van der Waals surface area contributed by atoms with Gasteiger partial charge in [-0.05, 0) is 18.8 Å². The Morgan fingerprint density at radius 3 is 2.37 bits per heavy atom. The lowest BCUT2D eigenvalue weighted by atomic mass is 9.78. The SMILES string of the molecule is CC(=O)N1c2cnc(S(C)(=O)=O)nc2C(O)(C2CCCC2)C1C(=O)N(C)C. The zero-order chi connectivity index (χ0) is 20.1. The minimum absolute atomic E-state index is 0.0419. The number of fused-ring (bicyclic) bond motifs is 1. The van der Waals surface area contributed by atoms with Crippen LogP contribution in [0.4, 0.5) is 5.69 Å². The first-order valence-corrected chi connectivity index (χ1v) is 10.7. The first kappa shape index (κ1) is 19.7. The highest BCUT2D eigenvalue weighted by Gasteiger charge is 2.61. The monoisotopic (exact) mass is 396 g/mol. The summed E-state index contributed by atoms with van der Waals surface area (Å²) in [7, 11) is -0.626. The molecular weight excluding hydrogens is 372 g/mol. The third-order valence-corrected chi connectivity index (χ3v) is 6.24. The Labute approximate surface area is 158 Å². The molecule has 1 aliphatic heterocycles. The number of aromatic nitrogens is 2. The number of amides is 2. The van der Waals surface area contributed by atoms with Crippen molar-refractivity contribution in [2.24, 2.45) is 5.92 Å². The van der Waals surface area contributed by atoms with E-state index in [4.69, 9.17) is 0 Å². The average molecular weight is 396 g/mol. The summed E-state index contributed by atoms with van der Waals surface area (Å²) in [6.07, 6.45) is 5.28. The van der Waals surface area contributed by atoms with Gasteiger partial charge in [-0.1, -0.05) is 12.8 Å². The Kier molecular flexibility index (Phi) is 4.75. The summed E-state index contributed by atoms with van der Waals surface area (Å²) < 4.78 is 23.9. The summed E-state index contributed by atoms with van der Waals surface area (Å²) in [6, 6.07) is -1.20. The number of carbonyl (C=O) groups is 2. The van der Waals surface area contributed by atoms with Crippen LogP contribution in [0.25, 0.3) is 0 Å². The zero-order valence-electron chi connectivity index (χ0n) is 15.8. The van der Waals surface area contributed by atoms with Gasteiger partial charge in [0.25, 0.3) is 0 Å². The normalized spacial score (nSPS) is 25.5. The van der Waals surface area contributed by atoms with Crippen LogP contribution in [0.3, 0.4) is 0 Å². The van der Waals surface area contributed by atoms with Gasteiger partial charge in [-0.3, -0.25) is 14.5 Å². The number of carbonyl (C=O) groups excluding carboxylic acids is 2. The molecule has 0 radical (unpaired) electrons. The molecule has 3 rings (SSSR count). The molecule has 1 aliphatic carbocycles. The standard InChI is InChI=1S/C17H24N4O5S/c1-10(22)21-12-9-18-16(27(4,25)26)19-13(12)17(24,11-7-5-6-8-11)14(21)15(23)20(2)3/h9,11,14,24H,5-8H2,1-4H3. The van der Waals surface area contributed by atoms with Crippen molar-refractivity contribution >= 4 is 27.3 Å². The molecule has 0 aromatic carbocycles. The fourth-order valence-corrected chi connectivity index (χ4v) is 4.65. The van der Waals surface area contributed by atoms with Crippen LogP contribution in [-0.4, -0.2) is 66.6 Å². The van der Waals surface area contributed by atoms with Crippen LogP contribution in [-0.2, 0) is 25.0 Å². The number of aliphatic hydroxyl groups is 1. The van der Waals surface area contributed by atoms with E-state index in [0.717, 1.165) is 19.1 Å². The lowest BCUT2D eigenvalue weighted by Crippen LogP contribution is -2.58. The molecule has 27 heavy (non-hydrogen) atoms. The van der Waals surface area contributed by atoms with E-state index in [1.807, 2.05) is 0 Å². The molecule has 2 atom stereocenters. The van der Waals surface area contributed by atoms with Crippen molar-refractivity contribution in [1.29, 1.82) is 0 Å². The molecule has 148 valence electrons. The summed E-state index contributed by atoms with van der Waals surface area (Å²) in [5, 5.41) is 11.4. The van der Waals surface area contributed by atoms with Gasteiger partial charge in [0.15, 0.2) is 6.04 Å². The molecule has 1 aromatic heterocycles. The van der Waals surface area contributed by atoms with Crippen LogP contribution in [0.2, 0.25) is 0 Å². The zero-order valence-corrected chi connectivity index (χ0v) is 16.7. The van der Waals surface area contributed by atoms with E-state index in [9.17, 15) is 23.1 Å². The van der Waals surface area contributed by atoms with Crippen molar-refractivity contribution in [3.8, 4) is 0 Å². The summed E-state index contributed by atoms with van der Waals surface area (Å²) >= 11 is 0. The van der Waals surface area contributed by atoms with E-state index in [1.165, 1.54) is 22.9 Å². The van der Waals surface area contributed by atoms with Crippen molar-refractivity contribution in [2.75, 3.05) is 25.3 Å². The summed E-state index contributed by atoms with van der Waals surface area (Å²) in [5.41, 5.74) is -1.54. The van der Waals surface area contributed by atoms with Gasteiger partial charge in [0.2, 0.25) is 26.8 Å². The lowest BCUT2D eigenvalue weighted by Gasteiger charge is -2.37. The number of hydrogen-bond donors (Lipinski definition) is 1. The number of anilines is 1. The first-order chi connectivity index (χ1) is 12.5. The molecular formula is C17H24N4O5S. The van der Waals surface area contributed by atoms with E-state index in [-0.39, 0.29) is 17.3 Å².